The molecule has 4 N–H and O–H groups in total. The van der Waals surface area contributed by atoms with E-state index in [9.17, 15) is 14.4 Å². The smallest absolute Gasteiger partial charge is 0.325 e. The molecule has 3 atom stereocenters. The van der Waals surface area contributed by atoms with Crippen molar-refractivity contribution in [1.82, 2.24) is 15.2 Å². The van der Waals surface area contributed by atoms with Gasteiger partial charge in [-0.1, -0.05) is 30.9 Å². The van der Waals surface area contributed by atoms with Gasteiger partial charge in [0.15, 0.2) is 0 Å². The third-order valence-electron chi connectivity index (χ3n) is 6.82. The van der Waals surface area contributed by atoms with Crippen molar-refractivity contribution in [2.45, 2.75) is 57.5 Å². The number of anilines is 2. The first-order valence-electron chi connectivity index (χ1n) is 11.7. The molecule has 0 spiro atoms. The monoisotopic (exact) mass is 483 g/mol. The molecule has 9 heteroatoms. The SMILES string of the molecule is CC(NC(=O)N1C(=O)C(Cc2ccnc(N)c2)C1C(=O)Nc1ccc(Cl)cc1)C1CCCCC1. The molecule has 1 saturated heterocycles. The summed E-state index contributed by atoms with van der Waals surface area (Å²) in [5.74, 6) is -0.757. The molecule has 1 aliphatic carbocycles. The van der Waals surface area contributed by atoms with Gasteiger partial charge >= 0.3 is 6.03 Å². The zero-order valence-electron chi connectivity index (χ0n) is 19.2. The number of carbonyl (C=O) groups is 3. The Morgan fingerprint density at radius 1 is 1.18 bits per heavy atom. The highest BCUT2D eigenvalue weighted by molar-refractivity contribution is 6.30. The lowest BCUT2D eigenvalue weighted by molar-refractivity contribution is -0.155. The van der Waals surface area contributed by atoms with E-state index in [1.54, 1.807) is 42.6 Å². The number of rotatable bonds is 6. The van der Waals surface area contributed by atoms with Gasteiger partial charge in [0.1, 0.15) is 11.9 Å². The standard InChI is InChI=1S/C25H30ClN5O3/c1-15(17-5-3-2-4-6-17)29-25(34)31-22(23(32)30-19-9-7-18(26)8-10-19)20(24(31)33)13-16-11-12-28-21(27)14-16/h7-12,14-15,17,20,22H,2-6,13H2,1H3,(H2,27,28)(H,29,34)(H,30,32). The van der Waals surface area contributed by atoms with E-state index in [4.69, 9.17) is 17.3 Å². The molecule has 1 aromatic heterocycles. The van der Waals surface area contributed by atoms with Gasteiger partial charge in [-0.3, -0.25) is 14.5 Å². The average Bonchev–Trinajstić information content (AvgIpc) is 2.82. The molecule has 1 aliphatic heterocycles. The van der Waals surface area contributed by atoms with E-state index >= 15 is 0 Å². The number of amides is 4. The van der Waals surface area contributed by atoms with Crippen LogP contribution in [0, 0.1) is 11.8 Å². The Hall–Kier alpha value is -3.13. The number of hydrogen-bond acceptors (Lipinski definition) is 5. The second-order valence-electron chi connectivity index (χ2n) is 9.19. The van der Waals surface area contributed by atoms with Crippen molar-refractivity contribution in [3.05, 3.63) is 53.2 Å². The highest BCUT2D eigenvalue weighted by atomic mass is 35.5. The number of imide groups is 1. The minimum atomic E-state index is -0.934. The molecule has 1 aromatic carbocycles. The van der Waals surface area contributed by atoms with Gasteiger partial charge in [-0.25, -0.2) is 9.78 Å². The number of β-lactam (4-membered cyclic amide) rings is 1. The maximum absolute atomic E-state index is 13.2. The Kier molecular flexibility index (Phi) is 7.36. The zero-order chi connectivity index (χ0) is 24.2. The molecule has 0 bridgehead atoms. The van der Waals surface area contributed by atoms with E-state index in [1.165, 1.54) is 6.42 Å². The summed E-state index contributed by atoms with van der Waals surface area (Å²) in [7, 11) is 0. The molecule has 8 nitrogen and oxygen atoms in total. The van der Waals surface area contributed by atoms with Gasteiger partial charge in [0.2, 0.25) is 11.8 Å². The molecule has 3 unspecified atom stereocenters. The molecule has 2 heterocycles. The first-order chi connectivity index (χ1) is 16.3. The van der Waals surface area contributed by atoms with Crippen LogP contribution in [0.2, 0.25) is 5.02 Å². The topological polar surface area (TPSA) is 117 Å². The van der Waals surface area contributed by atoms with Gasteiger partial charge in [-0.15, -0.1) is 0 Å². The Morgan fingerprint density at radius 3 is 2.56 bits per heavy atom. The van der Waals surface area contributed by atoms with Crippen LogP contribution >= 0.6 is 11.6 Å². The predicted molar refractivity (Wildman–Crippen MR) is 131 cm³/mol. The van der Waals surface area contributed by atoms with Gasteiger partial charge in [0.05, 0.1) is 5.92 Å². The van der Waals surface area contributed by atoms with Crippen molar-refractivity contribution in [2.24, 2.45) is 11.8 Å². The lowest BCUT2D eigenvalue weighted by atomic mass is 9.81. The third kappa shape index (κ3) is 5.33. The molecule has 0 radical (unpaired) electrons. The number of nitrogens with two attached hydrogens (primary N) is 1. The van der Waals surface area contributed by atoms with Gasteiger partial charge in [0, 0.05) is 22.9 Å². The quantitative estimate of drug-likeness (QED) is 0.537. The van der Waals surface area contributed by atoms with Gasteiger partial charge in [-0.05, 0) is 74.1 Å². The fourth-order valence-electron chi connectivity index (χ4n) is 4.91. The van der Waals surface area contributed by atoms with E-state index in [2.05, 4.69) is 15.6 Å². The Labute approximate surface area is 204 Å². The highest BCUT2D eigenvalue weighted by Crippen LogP contribution is 2.33. The Balaban J connectivity index is 1.51. The summed E-state index contributed by atoms with van der Waals surface area (Å²) in [4.78, 5) is 44.5. The molecule has 34 heavy (non-hydrogen) atoms. The number of urea groups is 1. The van der Waals surface area contributed by atoms with Crippen LogP contribution in [-0.2, 0) is 16.0 Å². The van der Waals surface area contributed by atoms with Crippen molar-refractivity contribution in [1.29, 1.82) is 0 Å². The summed E-state index contributed by atoms with van der Waals surface area (Å²) in [5.41, 5.74) is 7.10. The molecule has 4 rings (SSSR count). The normalized spacial score (nSPS) is 21.5. The maximum Gasteiger partial charge on any atom is 0.325 e. The first-order valence-corrected chi connectivity index (χ1v) is 12.1. The van der Waals surface area contributed by atoms with Gasteiger partial charge < -0.3 is 16.4 Å². The number of halogens is 1. The van der Waals surface area contributed by atoms with Crippen LogP contribution in [-0.4, -0.2) is 39.8 Å². The van der Waals surface area contributed by atoms with Crippen LogP contribution < -0.4 is 16.4 Å². The first kappa shape index (κ1) is 24.0. The van der Waals surface area contributed by atoms with Crippen LogP contribution in [0.15, 0.2) is 42.6 Å². The fraction of sp³-hybridized carbons (Fsp3) is 0.440. The van der Waals surface area contributed by atoms with Crippen LogP contribution in [0.4, 0.5) is 16.3 Å². The zero-order valence-corrected chi connectivity index (χ0v) is 19.9. The van der Waals surface area contributed by atoms with E-state index in [0.717, 1.165) is 36.1 Å². The lowest BCUT2D eigenvalue weighted by Crippen LogP contribution is -2.70. The van der Waals surface area contributed by atoms with E-state index in [0.29, 0.717) is 22.4 Å². The number of pyridine rings is 1. The number of nitrogen functional groups attached to an aromatic ring is 1. The fourth-order valence-corrected chi connectivity index (χ4v) is 5.04. The molecule has 180 valence electrons. The number of hydrogen-bond donors (Lipinski definition) is 3. The summed E-state index contributed by atoms with van der Waals surface area (Å²) in [5, 5.41) is 6.33. The van der Waals surface area contributed by atoms with Gasteiger partial charge in [0.25, 0.3) is 0 Å². The van der Waals surface area contributed by atoms with Crippen LogP contribution in [0.25, 0.3) is 0 Å². The summed E-state index contributed by atoms with van der Waals surface area (Å²) in [6, 6.07) is 8.58. The van der Waals surface area contributed by atoms with Crippen molar-refractivity contribution >= 4 is 41.0 Å². The minimum Gasteiger partial charge on any atom is -0.384 e. The number of nitrogens with zero attached hydrogens (tertiary/aromatic N) is 2. The highest BCUT2D eigenvalue weighted by Gasteiger charge is 2.54. The van der Waals surface area contributed by atoms with Crippen molar-refractivity contribution in [3.63, 3.8) is 0 Å². The Morgan fingerprint density at radius 2 is 1.88 bits per heavy atom. The molecule has 2 aromatic rings. The number of likely N-dealkylation sites (tertiary alicyclic amines) is 1. The number of aromatic nitrogens is 1. The average molecular weight is 484 g/mol. The van der Waals surface area contributed by atoms with E-state index < -0.39 is 23.9 Å². The van der Waals surface area contributed by atoms with Crippen LogP contribution in [0.5, 0.6) is 0 Å². The van der Waals surface area contributed by atoms with E-state index in [-0.39, 0.29) is 18.4 Å². The molecule has 2 fully saturated rings. The van der Waals surface area contributed by atoms with Crippen molar-refractivity contribution < 1.29 is 14.4 Å². The summed E-state index contributed by atoms with van der Waals surface area (Å²) >= 11 is 5.94. The second kappa shape index (κ2) is 10.4. The van der Waals surface area contributed by atoms with Crippen LogP contribution in [0.3, 0.4) is 0 Å². The number of carbonyl (C=O) groups excluding carboxylic acids is 3. The largest absolute Gasteiger partial charge is 0.384 e. The maximum atomic E-state index is 13.2. The molecule has 1 saturated carbocycles. The lowest BCUT2D eigenvalue weighted by Gasteiger charge is -2.45. The summed E-state index contributed by atoms with van der Waals surface area (Å²) in [6.45, 7) is 1.97. The van der Waals surface area contributed by atoms with Crippen molar-refractivity contribution in [3.8, 4) is 0 Å². The number of nitrogens with one attached hydrogen (secondary N) is 2. The van der Waals surface area contributed by atoms with E-state index in [1.807, 2.05) is 6.92 Å². The number of benzene rings is 1. The third-order valence-corrected chi connectivity index (χ3v) is 7.07. The summed E-state index contributed by atoms with van der Waals surface area (Å²) < 4.78 is 0. The minimum absolute atomic E-state index is 0.0698. The predicted octanol–water partition coefficient (Wildman–Crippen LogP) is 4.00. The second-order valence-corrected chi connectivity index (χ2v) is 9.62. The van der Waals surface area contributed by atoms with Crippen molar-refractivity contribution in [2.75, 3.05) is 11.1 Å². The summed E-state index contributed by atoms with van der Waals surface area (Å²) in [6.07, 6.45) is 7.48. The molecular weight excluding hydrogens is 454 g/mol. The van der Waals surface area contributed by atoms with Crippen LogP contribution in [0.1, 0.15) is 44.6 Å². The molecular formula is C25H30ClN5O3. The molecule has 4 amide bonds. The molecule has 2 aliphatic rings. The Bertz CT molecular complexity index is 1050. The van der Waals surface area contributed by atoms with Gasteiger partial charge in [-0.2, -0.15) is 0 Å².